The van der Waals surface area contributed by atoms with Crippen molar-refractivity contribution in [3.63, 3.8) is 0 Å². The fourth-order valence-electron chi connectivity index (χ4n) is 2.18. The zero-order valence-corrected chi connectivity index (χ0v) is 11.6. The number of rotatable bonds is 2. The summed E-state index contributed by atoms with van der Waals surface area (Å²) in [6.45, 7) is 4.22. The standard InChI is InChI=1S/C14H19FN2O2/c1-10-8-12(15)13(17-4-6-19-7-5-17)9-11(10)14(18)16(2)3/h8-9H,4-7H2,1-3H3. The van der Waals surface area contributed by atoms with Gasteiger partial charge in [-0.1, -0.05) is 0 Å². The predicted molar refractivity (Wildman–Crippen MR) is 72.2 cm³/mol. The number of hydrogen-bond donors (Lipinski definition) is 0. The molecule has 0 aliphatic carbocycles. The number of morpholine rings is 1. The van der Waals surface area contributed by atoms with E-state index >= 15 is 0 Å². The lowest BCUT2D eigenvalue weighted by Crippen LogP contribution is -2.37. The molecule has 0 atom stereocenters. The Morgan fingerprint density at radius 2 is 1.95 bits per heavy atom. The summed E-state index contributed by atoms with van der Waals surface area (Å²) >= 11 is 0. The van der Waals surface area contributed by atoms with Gasteiger partial charge in [-0.15, -0.1) is 0 Å². The van der Waals surface area contributed by atoms with Gasteiger partial charge >= 0.3 is 0 Å². The zero-order valence-electron chi connectivity index (χ0n) is 11.6. The third-order valence-electron chi connectivity index (χ3n) is 3.28. The largest absolute Gasteiger partial charge is 0.378 e. The molecule has 0 bridgehead atoms. The first kappa shape index (κ1) is 13.8. The van der Waals surface area contributed by atoms with Crippen LogP contribution in [0.2, 0.25) is 0 Å². The van der Waals surface area contributed by atoms with Gasteiger partial charge in [-0.25, -0.2) is 4.39 Å². The van der Waals surface area contributed by atoms with Crippen LogP contribution in [0.5, 0.6) is 0 Å². The summed E-state index contributed by atoms with van der Waals surface area (Å²) < 4.78 is 19.3. The number of aryl methyl sites for hydroxylation is 1. The average molecular weight is 266 g/mol. The fraction of sp³-hybridized carbons (Fsp3) is 0.500. The van der Waals surface area contributed by atoms with Gasteiger partial charge in [-0.3, -0.25) is 4.79 Å². The number of nitrogens with zero attached hydrogens (tertiary/aromatic N) is 2. The Kier molecular flexibility index (Phi) is 4.04. The van der Waals surface area contributed by atoms with Crippen LogP contribution in [-0.4, -0.2) is 51.2 Å². The molecule has 2 rings (SSSR count). The molecule has 1 heterocycles. The van der Waals surface area contributed by atoms with E-state index in [2.05, 4.69) is 0 Å². The third kappa shape index (κ3) is 2.87. The molecular formula is C14H19FN2O2. The van der Waals surface area contributed by atoms with Crippen LogP contribution in [0, 0.1) is 12.7 Å². The molecule has 19 heavy (non-hydrogen) atoms. The molecule has 1 amide bonds. The number of halogens is 1. The minimum atomic E-state index is -0.283. The molecular weight excluding hydrogens is 247 g/mol. The van der Waals surface area contributed by atoms with E-state index in [0.29, 0.717) is 43.1 Å². The van der Waals surface area contributed by atoms with Crippen molar-refractivity contribution in [3.8, 4) is 0 Å². The Morgan fingerprint density at radius 3 is 2.53 bits per heavy atom. The quantitative estimate of drug-likeness (QED) is 0.816. The van der Waals surface area contributed by atoms with Gasteiger partial charge in [0.25, 0.3) is 5.91 Å². The maximum absolute atomic E-state index is 14.1. The highest BCUT2D eigenvalue weighted by atomic mass is 19.1. The number of amides is 1. The summed E-state index contributed by atoms with van der Waals surface area (Å²) in [6, 6.07) is 3.08. The van der Waals surface area contributed by atoms with Gasteiger partial charge in [0.2, 0.25) is 0 Å². The van der Waals surface area contributed by atoms with Crippen LogP contribution in [0.4, 0.5) is 10.1 Å². The van der Waals surface area contributed by atoms with E-state index in [9.17, 15) is 9.18 Å². The minimum absolute atomic E-state index is 0.105. The Bertz CT molecular complexity index is 483. The molecule has 0 unspecified atom stereocenters. The Balaban J connectivity index is 2.38. The second kappa shape index (κ2) is 5.57. The van der Waals surface area contributed by atoms with Gasteiger partial charge in [0.15, 0.2) is 0 Å². The Hall–Kier alpha value is -1.62. The highest BCUT2D eigenvalue weighted by Crippen LogP contribution is 2.25. The maximum atomic E-state index is 14.1. The molecule has 1 fully saturated rings. The highest BCUT2D eigenvalue weighted by molar-refractivity contribution is 5.96. The van der Waals surface area contributed by atoms with E-state index in [0.717, 1.165) is 0 Å². The van der Waals surface area contributed by atoms with Crippen molar-refractivity contribution in [1.82, 2.24) is 4.90 Å². The molecule has 0 aromatic heterocycles. The lowest BCUT2D eigenvalue weighted by molar-refractivity contribution is 0.0827. The van der Waals surface area contributed by atoms with Crippen LogP contribution in [-0.2, 0) is 4.74 Å². The molecule has 1 aliphatic rings. The summed E-state index contributed by atoms with van der Waals surface area (Å²) in [6.07, 6.45) is 0. The van der Waals surface area contributed by atoms with E-state index in [4.69, 9.17) is 4.74 Å². The summed E-state index contributed by atoms with van der Waals surface area (Å²) in [4.78, 5) is 15.5. The van der Waals surface area contributed by atoms with Crippen LogP contribution in [0.15, 0.2) is 12.1 Å². The van der Waals surface area contributed by atoms with E-state index in [1.54, 1.807) is 27.1 Å². The summed E-state index contributed by atoms with van der Waals surface area (Å²) in [7, 11) is 3.39. The van der Waals surface area contributed by atoms with Gasteiger partial charge < -0.3 is 14.5 Å². The molecule has 1 aromatic carbocycles. The monoisotopic (exact) mass is 266 g/mol. The van der Waals surface area contributed by atoms with Crippen LogP contribution in [0.25, 0.3) is 0 Å². The van der Waals surface area contributed by atoms with E-state index in [1.807, 2.05) is 4.90 Å². The average Bonchev–Trinajstić information content (AvgIpc) is 2.39. The molecule has 0 radical (unpaired) electrons. The molecule has 5 heteroatoms. The number of hydrogen-bond acceptors (Lipinski definition) is 3. The van der Waals surface area contributed by atoms with Crippen molar-refractivity contribution in [2.75, 3.05) is 45.3 Å². The number of benzene rings is 1. The molecule has 104 valence electrons. The van der Waals surface area contributed by atoms with E-state index < -0.39 is 0 Å². The maximum Gasteiger partial charge on any atom is 0.253 e. The first-order valence-corrected chi connectivity index (χ1v) is 6.35. The lowest BCUT2D eigenvalue weighted by Gasteiger charge is -2.29. The minimum Gasteiger partial charge on any atom is -0.378 e. The SMILES string of the molecule is Cc1cc(F)c(N2CCOCC2)cc1C(=O)N(C)C. The molecule has 4 nitrogen and oxygen atoms in total. The molecule has 0 spiro atoms. The molecule has 1 aromatic rings. The zero-order chi connectivity index (χ0) is 14.0. The summed E-state index contributed by atoms with van der Waals surface area (Å²) in [5.41, 5.74) is 1.69. The fourth-order valence-corrected chi connectivity index (χ4v) is 2.18. The summed E-state index contributed by atoms with van der Waals surface area (Å²) in [5, 5.41) is 0. The normalized spacial score (nSPS) is 15.5. The van der Waals surface area contributed by atoms with Crippen LogP contribution in [0.1, 0.15) is 15.9 Å². The van der Waals surface area contributed by atoms with Crippen LogP contribution >= 0.6 is 0 Å². The van der Waals surface area contributed by atoms with Crippen molar-refractivity contribution in [2.45, 2.75) is 6.92 Å². The van der Waals surface area contributed by atoms with Crippen LogP contribution in [0.3, 0.4) is 0 Å². The third-order valence-corrected chi connectivity index (χ3v) is 3.28. The number of anilines is 1. The van der Waals surface area contributed by atoms with Crippen molar-refractivity contribution in [2.24, 2.45) is 0 Å². The second-order valence-corrected chi connectivity index (χ2v) is 4.92. The van der Waals surface area contributed by atoms with Crippen molar-refractivity contribution >= 4 is 11.6 Å². The van der Waals surface area contributed by atoms with Crippen LogP contribution < -0.4 is 4.90 Å². The van der Waals surface area contributed by atoms with Crippen molar-refractivity contribution in [3.05, 3.63) is 29.1 Å². The van der Waals surface area contributed by atoms with Gasteiger partial charge in [-0.2, -0.15) is 0 Å². The van der Waals surface area contributed by atoms with Gasteiger partial charge in [-0.05, 0) is 24.6 Å². The van der Waals surface area contributed by atoms with Gasteiger partial charge in [0.1, 0.15) is 5.82 Å². The van der Waals surface area contributed by atoms with E-state index in [1.165, 1.54) is 11.0 Å². The topological polar surface area (TPSA) is 32.8 Å². The molecule has 0 saturated carbocycles. The van der Waals surface area contributed by atoms with E-state index in [-0.39, 0.29) is 11.7 Å². The molecule has 1 aliphatic heterocycles. The van der Waals surface area contributed by atoms with Crippen molar-refractivity contribution in [1.29, 1.82) is 0 Å². The Morgan fingerprint density at radius 1 is 1.32 bits per heavy atom. The second-order valence-electron chi connectivity index (χ2n) is 4.92. The van der Waals surface area contributed by atoms with Gasteiger partial charge in [0.05, 0.1) is 18.9 Å². The highest BCUT2D eigenvalue weighted by Gasteiger charge is 2.20. The number of carbonyl (C=O) groups excluding carboxylic acids is 1. The predicted octanol–water partition coefficient (Wildman–Crippen LogP) is 1.67. The first-order valence-electron chi connectivity index (χ1n) is 6.35. The number of ether oxygens (including phenoxy) is 1. The smallest absolute Gasteiger partial charge is 0.253 e. The number of carbonyl (C=O) groups is 1. The lowest BCUT2D eigenvalue weighted by atomic mass is 10.1. The van der Waals surface area contributed by atoms with Crippen molar-refractivity contribution < 1.29 is 13.9 Å². The molecule has 0 N–H and O–H groups in total. The van der Waals surface area contributed by atoms with Gasteiger partial charge in [0, 0.05) is 32.7 Å². The summed E-state index contributed by atoms with van der Waals surface area (Å²) in [5.74, 6) is -0.387. The molecule has 1 saturated heterocycles. The Labute approximate surface area is 112 Å². The first-order chi connectivity index (χ1) is 9.00.